The number of rotatable bonds is 1. The average molecular weight is 265 g/mol. The number of aromatic nitrogens is 4. The van der Waals surface area contributed by atoms with Gasteiger partial charge in [-0.1, -0.05) is 17.3 Å². The lowest BCUT2D eigenvalue weighted by atomic mass is 10.1. The molecule has 98 valence electrons. The SMILES string of the molecule is CN1C(=O)c2ccncc2C1n1nnc2ccccc21. The van der Waals surface area contributed by atoms with E-state index >= 15 is 0 Å². The van der Waals surface area contributed by atoms with Crippen molar-refractivity contribution in [2.75, 3.05) is 7.05 Å². The number of hydrogen-bond acceptors (Lipinski definition) is 4. The molecule has 0 spiro atoms. The molecule has 2 aromatic heterocycles. The fraction of sp³-hybridized carbons (Fsp3) is 0.143. The van der Waals surface area contributed by atoms with Gasteiger partial charge in [-0.2, -0.15) is 0 Å². The number of carbonyl (C=O) groups is 1. The first-order valence-electron chi connectivity index (χ1n) is 6.28. The van der Waals surface area contributed by atoms with Gasteiger partial charge in [0, 0.05) is 30.6 Å². The third-order valence-corrected chi connectivity index (χ3v) is 3.66. The highest BCUT2D eigenvalue weighted by molar-refractivity contribution is 5.99. The van der Waals surface area contributed by atoms with E-state index in [1.165, 1.54) is 0 Å². The summed E-state index contributed by atoms with van der Waals surface area (Å²) in [5.41, 5.74) is 3.24. The zero-order chi connectivity index (χ0) is 13.7. The first-order valence-corrected chi connectivity index (χ1v) is 6.28. The van der Waals surface area contributed by atoms with Crippen molar-refractivity contribution in [3.05, 3.63) is 53.9 Å². The minimum absolute atomic E-state index is 0.0213. The lowest BCUT2D eigenvalue weighted by molar-refractivity contribution is 0.0747. The van der Waals surface area contributed by atoms with E-state index in [1.807, 2.05) is 24.3 Å². The molecule has 1 unspecified atom stereocenters. The Kier molecular flexibility index (Phi) is 2.14. The van der Waals surface area contributed by atoms with Crippen LogP contribution in [0, 0.1) is 0 Å². The first-order chi connectivity index (χ1) is 9.77. The number of benzene rings is 1. The Labute approximate surface area is 114 Å². The van der Waals surface area contributed by atoms with E-state index in [0.717, 1.165) is 16.6 Å². The van der Waals surface area contributed by atoms with Crippen molar-refractivity contribution in [2.45, 2.75) is 6.17 Å². The van der Waals surface area contributed by atoms with Gasteiger partial charge in [-0.05, 0) is 18.2 Å². The van der Waals surface area contributed by atoms with Crippen molar-refractivity contribution in [3.63, 3.8) is 0 Å². The van der Waals surface area contributed by atoms with Crippen LogP contribution >= 0.6 is 0 Å². The number of fused-ring (bicyclic) bond motifs is 2. The molecule has 0 bridgehead atoms. The highest BCUT2D eigenvalue weighted by Crippen LogP contribution is 2.33. The molecule has 1 amide bonds. The largest absolute Gasteiger partial charge is 0.315 e. The van der Waals surface area contributed by atoms with Gasteiger partial charge >= 0.3 is 0 Å². The fourth-order valence-electron chi connectivity index (χ4n) is 2.68. The quantitative estimate of drug-likeness (QED) is 0.668. The van der Waals surface area contributed by atoms with E-state index in [-0.39, 0.29) is 12.1 Å². The molecule has 0 saturated carbocycles. The minimum Gasteiger partial charge on any atom is -0.315 e. The van der Waals surface area contributed by atoms with Gasteiger partial charge in [-0.3, -0.25) is 9.78 Å². The summed E-state index contributed by atoms with van der Waals surface area (Å²) in [5, 5.41) is 8.36. The molecule has 3 heterocycles. The normalized spacial score (nSPS) is 17.8. The van der Waals surface area contributed by atoms with E-state index in [9.17, 15) is 4.79 Å². The number of hydrogen-bond donors (Lipinski definition) is 0. The molecule has 0 aliphatic carbocycles. The fourth-order valence-corrected chi connectivity index (χ4v) is 2.68. The Morgan fingerprint density at radius 3 is 2.95 bits per heavy atom. The van der Waals surface area contributed by atoms with Crippen LogP contribution in [0.3, 0.4) is 0 Å². The molecule has 1 aliphatic heterocycles. The van der Waals surface area contributed by atoms with E-state index in [1.54, 1.807) is 35.1 Å². The lowest BCUT2D eigenvalue weighted by Gasteiger charge is -2.20. The van der Waals surface area contributed by atoms with Crippen LogP contribution in [-0.2, 0) is 0 Å². The van der Waals surface area contributed by atoms with Gasteiger partial charge < -0.3 is 4.90 Å². The van der Waals surface area contributed by atoms with Crippen molar-refractivity contribution in [1.29, 1.82) is 0 Å². The van der Waals surface area contributed by atoms with Gasteiger partial charge in [-0.25, -0.2) is 4.68 Å². The summed E-state index contributed by atoms with van der Waals surface area (Å²) in [4.78, 5) is 18.1. The summed E-state index contributed by atoms with van der Waals surface area (Å²) >= 11 is 0. The molecule has 0 saturated heterocycles. The lowest BCUT2D eigenvalue weighted by Crippen LogP contribution is -2.28. The van der Waals surface area contributed by atoms with Gasteiger partial charge in [0.2, 0.25) is 0 Å². The number of para-hydroxylation sites is 1. The number of carbonyl (C=O) groups excluding carboxylic acids is 1. The van der Waals surface area contributed by atoms with Gasteiger partial charge in [0.15, 0.2) is 6.17 Å². The Bertz CT molecular complexity index is 825. The molecule has 1 aromatic carbocycles. The number of nitrogens with zero attached hydrogens (tertiary/aromatic N) is 5. The van der Waals surface area contributed by atoms with Crippen LogP contribution in [0.15, 0.2) is 42.7 Å². The molecule has 1 atom stereocenters. The van der Waals surface area contributed by atoms with Gasteiger partial charge in [0.25, 0.3) is 5.91 Å². The van der Waals surface area contributed by atoms with Crippen LogP contribution in [0.25, 0.3) is 11.0 Å². The molecule has 3 aromatic rings. The minimum atomic E-state index is -0.293. The highest BCUT2D eigenvalue weighted by atomic mass is 16.2. The van der Waals surface area contributed by atoms with Crippen molar-refractivity contribution in [2.24, 2.45) is 0 Å². The van der Waals surface area contributed by atoms with Crippen molar-refractivity contribution in [1.82, 2.24) is 24.9 Å². The highest BCUT2D eigenvalue weighted by Gasteiger charge is 2.36. The number of amides is 1. The summed E-state index contributed by atoms with van der Waals surface area (Å²) in [7, 11) is 1.77. The van der Waals surface area contributed by atoms with Crippen molar-refractivity contribution >= 4 is 16.9 Å². The molecular weight excluding hydrogens is 254 g/mol. The maximum Gasteiger partial charge on any atom is 0.256 e. The molecule has 0 fully saturated rings. The Morgan fingerprint density at radius 2 is 2.05 bits per heavy atom. The van der Waals surface area contributed by atoms with E-state index in [4.69, 9.17) is 0 Å². The Hall–Kier alpha value is -2.76. The molecule has 1 aliphatic rings. The second-order valence-electron chi connectivity index (χ2n) is 4.78. The molecule has 6 heteroatoms. The van der Waals surface area contributed by atoms with E-state index in [2.05, 4.69) is 15.3 Å². The first kappa shape index (κ1) is 11.1. The van der Waals surface area contributed by atoms with E-state index < -0.39 is 0 Å². The number of pyridine rings is 1. The summed E-state index contributed by atoms with van der Waals surface area (Å²) in [6, 6.07) is 9.44. The van der Waals surface area contributed by atoms with Crippen LogP contribution in [-0.4, -0.2) is 37.8 Å². The third-order valence-electron chi connectivity index (χ3n) is 3.66. The van der Waals surface area contributed by atoms with Crippen LogP contribution < -0.4 is 0 Å². The average Bonchev–Trinajstić information content (AvgIpc) is 3.01. The molecule has 0 radical (unpaired) electrons. The molecule has 6 nitrogen and oxygen atoms in total. The molecule has 20 heavy (non-hydrogen) atoms. The molecular formula is C14H11N5O. The predicted octanol–water partition coefficient (Wildman–Crippen LogP) is 1.46. The van der Waals surface area contributed by atoms with Crippen LogP contribution in [0.1, 0.15) is 22.1 Å². The Balaban J connectivity index is 1.97. The second kappa shape index (κ2) is 3.86. The Morgan fingerprint density at radius 1 is 1.20 bits per heavy atom. The van der Waals surface area contributed by atoms with Crippen molar-refractivity contribution in [3.8, 4) is 0 Å². The van der Waals surface area contributed by atoms with Crippen LogP contribution in [0.4, 0.5) is 0 Å². The van der Waals surface area contributed by atoms with Crippen LogP contribution in [0.5, 0.6) is 0 Å². The molecule has 4 rings (SSSR count). The summed E-state index contributed by atoms with van der Waals surface area (Å²) < 4.78 is 1.76. The maximum atomic E-state index is 12.3. The van der Waals surface area contributed by atoms with Crippen LogP contribution in [0.2, 0.25) is 0 Å². The second-order valence-corrected chi connectivity index (χ2v) is 4.78. The topological polar surface area (TPSA) is 63.9 Å². The van der Waals surface area contributed by atoms with Gasteiger partial charge in [0.05, 0.1) is 5.52 Å². The summed E-state index contributed by atoms with van der Waals surface area (Å²) in [6.45, 7) is 0. The monoisotopic (exact) mass is 265 g/mol. The maximum absolute atomic E-state index is 12.3. The third kappa shape index (κ3) is 1.33. The standard InChI is InChI=1S/C14H11N5O/c1-18-13(10-8-15-7-6-9(10)14(18)20)19-12-5-3-2-4-11(12)16-17-19/h2-8,13H,1H3. The van der Waals surface area contributed by atoms with Crippen molar-refractivity contribution < 1.29 is 4.79 Å². The predicted molar refractivity (Wildman–Crippen MR) is 72.0 cm³/mol. The van der Waals surface area contributed by atoms with E-state index in [0.29, 0.717) is 5.56 Å². The van der Waals surface area contributed by atoms with Gasteiger partial charge in [-0.15, -0.1) is 5.10 Å². The summed E-state index contributed by atoms with van der Waals surface area (Å²) in [6.07, 6.45) is 3.06. The molecule has 0 N–H and O–H groups in total. The zero-order valence-corrected chi connectivity index (χ0v) is 10.8. The summed E-state index contributed by atoms with van der Waals surface area (Å²) in [5.74, 6) is -0.0213. The van der Waals surface area contributed by atoms with Gasteiger partial charge in [0.1, 0.15) is 5.52 Å². The zero-order valence-electron chi connectivity index (χ0n) is 10.8. The smallest absolute Gasteiger partial charge is 0.256 e.